The zero-order valence-corrected chi connectivity index (χ0v) is 15.0. The molecule has 3 rings (SSSR count). The molecule has 136 valence electrons. The van der Waals surface area contributed by atoms with Gasteiger partial charge in [-0.05, 0) is 47.6 Å². The maximum atomic E-state index is 14.6. The quantitative estimate of drug-likeness (QED) is 0.386. The van der Waals surface area contributed by atoms with Crippen LogP contribution in [0.15, 0.2) is 48.5 Å². The van der Waals surface area contributed by atoms with Gasteiger partial charge in [0, 0.05) is 10.9 Å². The van der Waals surface area contributed by atoms with Crippen molar-refractivity contribution in [1.82, 2.24) is 0 Å². The first kappa shape index (κ1) is 18.5. The topological polar surface area (TPSA) is 0 Å². The smallest absolute Gasteiger partial charge is 0.166 e. The molecule has 0 bridgehead atoms. The second-order valence-electron chi connectivity index (χ2n) is 6.78. The minimum Gasteiger partial charge on any atom is -0.206 e. The predicted octanol–water partition coefficient (Wildman–Crippen LogP) is 7.44. The summed E-state index contributed by atoms with van der Waals surface area (Å²) >= 11 is 0. The maximum absolute atomic E-state index is 14.6. The van der Waals surface area contributed by atoms with E-state index in [1.165, 1.54) is 37.8 Å². The Hall–Kier alpha value is -2.29. The van der Waals surface area contributed by atoms with Crippen molar-refractivity contribution in [3.05, 3.63) is 71.5 Å². The SMILES string of the molecule is CCCCCCCc1ccc(-c2ccc3c(F)c(F)ccc3c2)c(F)c1. The number of benzene rings is 3. The number of fused-ring (bicyclic) bond motifs is 1. The molecule has 26 heavy (non-hydrogen) atoms. The summed E-state index contributed by atoms with van der Waals surface area (Å²) in [5.74, 6) is -2.02. The summed E-state index contributed by atoms with van der Waals surface area (Å²) in [6.07, 6.45) is 6.81. The zero-order chi connectivity index (χ0) is 18.5. The number of aryl methyl sites for hydroxylation is 1. The lowest BCUT2D eigenvalue weighted by molar-refractivity contribution is 0.517. The number of hydrogen-bond donors (Lipinski definition) is 0. The molecule has 0 N–H and O–H groups in total. The molecular weight excluding hydrogens is 333 g/mol. The standard InChI is InChI=1S/C23H23F3/c1-2-3-4-5-6-7-16-8-11-19(22(25)14-16)17-9-12-20-18(15-17)10-13-21(24)23(20)26/h8-15H,2-7H2,1H3. The average Bonchev–Trinajstić information content (AvgIpc) is 2.64. The maximum Gasteiger partial charge on any atom is 0.166 e. The molecule has 0 heterocycles. The molecule has 0 radical (unpaired) electrons. The molecule has 3 aromatic rings. The third-order valence-electron chi connectivity index (χ3n) is 4.82. The molecule has 0 saturated carbocycles. The van der Waals surface area contributed by atoms with Crippen LogP contribution in [0.2, 0.25) is 0 Å². The Labute approximate surface area is 152 Å². The lowest BCUT2D eigenvalue weighted by atomic mass is 9.98. The molecule has 0 nitrogen and oxygen atoms in total. The molecule has 3 aromatic carbocycles. The van der Waals surface area contributed by atoms with Gasteiger partial charge in [0.15, 0.2) is 11.6 Å². The normalized spacial score (nSPS) is 11.2. The van der Waals surface area contributed by atoms with Gasteiger partial charge >= 0.3 is 0 Å². The highest BCUT2D eigenvalue weighted by atomic mass is 19.2. The van der Waals surface area contributed by atoms with Gasteiger partial charge in [-0.25, -0.2) is 13.2 Å². The van der Waals surface area contributed by atoms with Crippen LogP contribution in [0.3, 0.4) is 0 Å². The van der Waals surface area contributed by atoms with Crippen molar-refractivity contribution < 1.29 is 13.2 Å². The van der Waals surface area contributed by atoms with E-state index in [-0.39, 0.29) is 11.2 Å². The lowest BCUT2D eigenvalue weighted by Crippen LogP contribution is -1.92. The molecule has 0 aliphatic carbocycles. The average molecular weight is 356 g/mol. The second kappa shape index (κ2) is 8.39. The fourth-order valence-corrected chi connectivity index (χ4v) is 3.31. The van der Waals surface area contributed by atoms with Gasteiger partial charge in [0.2, 0.25) is 0 Å². The van der Waals surface area contributed by atoms with Crippen molar-refractivity contribution in [2.24, 2.45) is 0 Å². The largest absolute Gasteiger partial charge is 0.206 e. The summed E-state index contributed by atoms with van der Waals surface area (Å²) in [7, 11) is 0. The van der Waals surface area contributed by atoms with Gasteiger partial charge in [-0.3, -0.25) is 0 Å². The van der Waals surface area contributed by atoms with E-state index < -0.39 is 11.6 Å². The molecule has 0 aliphatic rings. The molecule has 3 heteroatoms. The molecule has 0 atom stereocenters. The minimum absolute atomic E-state index is 0.206. The molecule has 0 aliphatic heterocycles. The van der Waals surface area contributed by atoms with Gasteiger partial charge in [0.25, 0.3) is 0 Å². The number of hydrogen-bond acceptors (Lipinski definition) is 0. The molecule has 0 saturated heterocycles. The van der Waals surface area contributed by atoms with Crippen LogP contribution in [-0.4, -0.2) is 0 Å². The highest BCUT2D eigenvalue weighted by Gasteiger charge is 2.10. The summed E-state index contributed by atoms with van der Waals surface area (Å²) in [4.78, 5) is 0. The molecule has 0 unspecified atom stereocenters. The fourth-order valence-electron chi connectivity index (χ4n) is 3.31. The van der Waals surface area contributed by atoms with E-state index in [2.05, 4.69) is 6.92 Å². The van der Waals surface area contributed by atoms with E-state index >= 15 is 0 Å². The predicted molar refractivity (Wildman–Crippen MR) is 102 cm³/mol. The Morgan fingerprint density at radius 2 is 1.54 bits per heavy atom. The van der Waals surface area contributed by atoms with Crippen molar-refractivity contribution in [3.8, 4) is 11.1 Å². The van der Waals surface area contributed by atoms with Gasteiger partial charge in [-0.2, -0.15) is 0 Å². The first-order valence-corrected chi connectivity index (χ1v) is 9.26. The van der Waals surface area contributed by atoms with Crippen molar-refractivity contribution in [1.29, 1.82) is 0 Å². The summed E-state index contributed by atoms with van der Waals surface area (Å²) in [5, 5.41) is 0.763. The third-order valence-corrected chi connectivity index (χ3v) is 4.82. The summed E-state index contributed by atoms with van der Waals surface area (Å²) in [6, 6.07) is 12.8. The highest BCUT2D eigenvalue weighted by molar-refractivity contribution is 5.88. The molecule has 0 spiro atoms. The van der Waals surface area contributed by atoms with E-state index in [9.17, 15) is 13.2 Å². The van der Waals surface area contributed by atoms with Crippen molar-refractivity contribution in [3.63, 3.8) is 0 Å². The summed E-state index contributed by atoms with van der Waals surface area (Å²) in [5.41, 5.74) is 2.14. The van der Waals surface area contributed by atoms with Gasteiger partial charge in [0.05, 0.1) is 0 Å². The van der Waals surface area contributed by atoms with Crippen LogP contribution in [0, 0.1) is 17.5 Å². The van der Waals surface area contributed by atoms with Gasteiger partial charge in [0.1, 0.15) is 5.82 Å². The van der Waals surface area contributed by atoms with E-state index in [1.807, 2.05) is 6.07 Å². The molecular formula is C23H23F3. The Morgan fingerprint density at radius 3 is 2.31 bits per heavy atom. The number of rotatable bonds is 7. The summed E-state index contributed by atoms with van der Waals surface area (Å²) in [6.45, 7) is 2.19. The van der Waals surface area contributed by atoms with E-state index in [0.29, 0.717) is 16.5 Å². The Morgan fingerprint density at radius 1 is 0.731 bits per heavy atom. The van der Waals surface area contributed by atoms with Crippen LogP contribution in [0.4, 0.5) is 13.2 Å². The monoisotopic (exact) mass is 356 g/mol. The van der Waals surface area contributed by atoms with Crippen molar-refractivity contribution in [2.45, 2.75) is 45.4 Å². The van der Waals surface area contributed by atoms with Gasteiger partial charge in [-0.1, -0.05) is 62.9 Å². The Kier molecular flexibility index (Phi) is 5.97. The lowest BCUT2D eigenvalue weighted by Gasteiger charge is -2.09. The highest BCUT2D eigenvalue weighted by Crippen LogP contribution is 2.29. The van der Waals surface area contributed by atoms with Crippen LogP contribution in [0.25, 0.3) is 21.9 Å². The third kappa shape index (κ3) is 4.09. The van der Waals surface area contributed by atoms with E-state index in [0.717, 1.165) is 24.5 Å². The Bertz CT molecular complexity index is 899. The van der Waals surface area contributed by atoms with Crippen LogP contribution in [0.5, 0.6) is 0 Å². The molecule has 0 fully saturated rings. The fraction of sp³-hybridized carbons (Fsp3) is 0.304. The van der Waals surface area contributed by atoms with Crippen LogP contribution in [0.1, 0.15) is 44.6 Å². The minimum atomic E-state index is -0.875. The van der Waals surface area contributed by atoms with Gasteiger partial charge < -0.3 is 0 Å². The zero-order valence-electron chi connectivity index (χ0n) is 15.0. The Balaban J connectivity index is 1.79. The van der Waals surface area contributed by atoms with Crippen LogP contribution < -0.4 is 0 Å². The number of unbranched alkanes of at least 4 members (excludes halogenated alkanes) is 4. The van der Waals surface area contributed by atoms with Crippen molar-refractivity contribution >= 4 is 10.8 Å². The van der Waals surface area contributed by atoms with E-state index in [4.69, 9.17) is 0 Å². The molecule has 0 aromatic heterocycles. The van der Waals surface area contributed by atoms with Crippen LogP contribution in [-0.2, 0) is 6.42 Å². The van der Waals surface area contributed by atoms with E-state index in [1.54, 1.807) is 24.3 Å². The second-order valence-corrected chi connectivity index (χ2v) is 6.78. The van der Waals surface area contributed by atoms with Gasteiger partial charge in [-0.15, -0.1) is 0 Å². The van der Waals surface area contributed by atoms with Crippen molar-refractivity contribution in [2.75, 3.05) is 0 Å². The summed E-state index contributed by atoms with van der Waals surface area (Å²) < 4.78 is 41.7. The first-order chi connectivity index (χ1) is 12.6. The van der Waals surface area contributed by atoms with Crippen LogP contribution >= 0.6 is 0 Å². The first-order valence-electron chi connectivity index (χ1n) is 9.26. The number of halogens is 3. The molecule has 0 amide bonds.